The molecule has 5 aromatic rings. The van der Waals surface area contributed by atoms with Gasteiger partial charge in [0.05, 0.1) is 30.2 Å². The molecule has 1 atom stereocenters. The van der Waals surface area contributed by atoms with E-state index in [1.165, 1.54) is 33.6 Å². The Morgan fingerprint density at radius 2 is 2.07 bits per heavy atom. The van der Waals surface area contributed by atoms with Gasteiger partial charge < -0.3 is 24.8 Å². The van der Waals surface area contributed by atoms with Crippen molar-refractivity contribution in [2.75, 3.05) is 25.0 Å². The molecule has 13 heteroatoms. The summed E-state index contributed by atoms with van der Waals surface area (Å²) in [5, 5.41) is 14.7. The minimum atomic E-state index is -3.08. The first-order valence-electron chi connectivity index (χ1n) is 12.8. The van der Waals surface area contributed by atoms with E-state index in [0.29, 0.717) is 30.3 Å². The molecule has 1 saturated heterocycles. The van der Waals surface area contributed by atoms with Crippen molar-refractivity contribution < 1.29 is 27.8 Å². The Kier molecular flexibility index (Phi) is 7.27. The van der Waals surface area contributed by atoms with Crippen LogP contribution in [0.2, 0.25) is 0 Å². The molecule has 210 valence electrons. The minimum absolute atomic E-state index is 0.104. The van der Waals surface area contributed by atoms with Crippen LogP contribution in [0.25, 0.3) is 16.9 Å². The summed E-state index contributed by atoms with van der Waals surface area (Å²) < 4.78 is 46.4. The van der Waals surface area contributed by atoms with Gasteiger partial charge in [-0.2, -0.15) is 19.0 Å². The molecular formula is C28H25F2N7O4. The number of amides is 1. The fourth-order valence-corrected chi connectivity index (χ4v) is 4.61. The van der Waals surface area contributed by atoms with Gasteiger partial charge in [0.15, 0.2) is 5.65 Å². The average Bonchev–Trinajstić information content (AvgIpc) is 3.57. The van der Waals surface area contributed by atoms with Gasteiger partial charge in [-0.15, -0.1) is 0 Å². The highest BCUT2D eigenvalue weighted by Crippen LogP contribution is 2.39. The molecule has 1 aliphatic heterocycles. The molecule has 0 radical (unpaired) electrons. The Morgan fingerprint density at radius 1 is 1.20 bits per heavy atom. The Morgan fingerprint density at radius 3 is 2.90 bits per heavy atom. The van der Waals surface area contributed by atoms with Gasteiger partial charge in [0, 0.05) is 38.7 Å². The molecule has 2 aromatic carbocycles. The molecule has 6 rings (SSSR count). The largest absolute Gasteiger partial charge is 0.457 e. The van der Waals surface area contributed by atoms with Crippen molar-refractivity contribution in [1.82, 2.24) is 29.7 Å². The molecule has 0 spiro atoms. The molecule has 2 N–H and O–H groups in total. The van der Waals surface area contributed by atoms with E-state index in [-0.39, 0.29) is 34.4 Å². The number of anilines is 1. The lowest BCUT2D eigenvalue weighted by atomic mass is 10.1. The first-order valence-corrected chi connectivity index (χ1v) is 12.8. The monoisotopic (exact) mass is 561 g/mol. The zero-order valence-corrected chi connectivity index (χ0v) is 21.8. The number of benzene rings is 2. The van der Waals surface area contributed by atoms with Crippen molar-refractivity contribution in [3.63, 3.8) is 0 Å². The third-order valence-corrected chi connectivity index (χ3v) is 6.42. The summed E-state index contributed by atoms with van der Waals surface area (Å²) >= 11 is 0. The van der Waals surface area contributed by atoms with Crippen molar-refractivity contribution >= 4 is 17.2 Å². The van der Waals surface area contributed by atoms with Gasteiger partial charge in [-0.3, -0.25) is 9.48 Å². The van der Waals surface area contributed by atoms with Crippen LogP contribution in [0.5, 0.6) is 17.2 Å². The number of aromatic nitrogens is 5. The maximum Gasteiger partial charge on any atom is 0.387 e. The number of hydrogen-bond acceptors (Lipinski definition) is 8. The van der Waals surface area contributed by atoms with E-state index in [1.807, 2.05) is 18.2 Å². The Labute approximate surface area is 232 Å². The third kappa shape index (κ3) is 5.71. The van der Waals surface area contributed by atoms with Gasteiger partial charge in [0.25, 0.3) is 5.91 Å². The first kappa shape index (κ1) is 26.3. The van der Waals surface area contributed by atoms with Crippen LogP contribution in [0.1, 0.15) is 22.0 Å². The normalized spacial score (nSPS) is 15.3. The van der Waals surface area contributed by atoms with Gasteiger partial charge in [-0.1, -0.05) is 12.1 Å². The van der Waals surface area contributed by atoms with Crippen LogP contribution in [0.15, 0.2) is 73.3 Å². The van der Waals surface area contributed by atoms with Crippen molar-refractivity contribution in [2.24, 2.45) is 7.05 Å². The van der Waals surface area contributed by atoms with Crippen molar-refractivity contribution in [3.05, 3.63) is 84.4 Å². The van der Waals surface area contributed by atoms with Gasteiger partial charge in [0.1, 0.15) is 28.5 Å². The molecule has 1 aliphatic rings. The average molecular weight is 562 g/mol. The van der Waals surface area contributed by atoms with Gasteiger partial charge in [-0.25, -0.2) is 9.50 Å². The van der Waals surface area contributed by atoms with E-state index in [1.54, 1.807) is 37.8 Å². The number of hydrogen-bond donors (Lipinski definition) is 2. The molecule has 0 aliphatic carbocycles. The lowest BCUT2D eigenvalue weighted by Crippen LogP contribution is -2.33. The maximum atomic E-state index is 13.4. The molecular weight excluding hydrogens is 536 g/mol. The van der Waals surface area contributed by atoms with E-state index >= 15 is 0 Å². The summed E-state index contributed by atoms with van der Waals surface area (Å²) in [5.41, 5.74) is 2.23. The zero-order valence-electron chi connectivity index (χ0n) is 21.8. The fraction of sp³-hybridized carbons (Fsp3) is 0.214. The summed E-state index contributed by atoms with van der Waals surface area (Å²) in [5.74, 6) is 0.277. The lowest BCUT2D eigenvalue weighted by Gasteiger charge is -2.24. The summed E-state index contributed by atoms with van der Waals surface area (Å²) in [6, 6.07) is 13.6. The SMILES string of the molecule is Cn1cc(NC(=O)c2cnn3cccnc23)c(-c2cc(Oc3cccc([C@H]4CNCCO4)c3)ccc2OC(F)F)n1. The third-order valence-electron chi connectivity index (χ3n) is 6.42. The highest BCUT2D eigenvalue weighted by atomic mass is 19.3. The van der Waals surface area contributed by atoms with Crippen LogP contribution in [0.4, 0.5) is 14.5 Å². The first-order chi connectivity index (χ1) is 19.9. The lowest BCUT2D eigenvalue weighted by molar-refractivity contribution is -0.0494. The number of nitrogens with zero attached hydrogens (tertiary/aromatic N) is 5. The second-order valence-corrected chi connectivity index (χ2v) is 9.24. The predicted molar refractivity (Wildman–Crippen MR) is 144 cm³/mol. The smallest absolute Gasteiger partial charge is 0.387 e. The molecule has 41 heavy (non-hydrogen) atoms. The van der Waals surface area contributed by atoms with Gasteiger partial charge in [0.2, 0.25) is 0 Å². The molecule has 3 aromatic heterocycles. The van der Waals surface area contributed by atoms with Crippen molar-refractivity contribution in [3.8, 4) is 28.5 Å². The number of alkyl halides is 2. The number of morpholine rings is 1. The second kappa shape index (κ2) is 11.3. The summed E-state index contributed by atoms with van der Waals surface area (Å²) in [6.45, 7) is -0.976. The number of aryl methyl sites for hydroxylation is 1. The Bertz CT molecular complexity index is 1700. The van der Waals surface area contributed by atoms with Crippen molar-refractivity contribution in [2.45, 2.75) is 12.7 Å². The highest BCUT2D eigenvalue weighted by Gasteiger charge is 2.22. The molecule has 0 bridgehead atoms. The van der Waals surface area contributed by atoms with Crippen LogP contribution >= 0.6 is 0 Å². The van der Waals surface area contributed by atoms with Gasteiger partial charge in [-0.05, 0) is 42.0 Å². The van der Waals surface area contributed by atoms with Gasteiger partial charge >= 0.3 is 6.61 Å². The molecule has 0 saturated carbocycles. The highest BCUT2D eigenvalue weighted by molar-refractivity contribution is 6.09. The van der Waals surface area contributed by atoms with Crippen LogP contribution in [0.3, 0.4) is 0 Å². The Hall–Kier alpha value is -4.88. The van der Waals surface area contributed by atoms with E-state index in [0.717, 1.165) is 12.1 Å². The van der Waals surface area contributed by atoms with Crippen LogP contribution in [-0.2, 0) is 11.8 Å². The topological polar surface area (TPSA) is 117 Å². The van der Waals surface area contributed by atoms with E-state index in [2.05, 4.69) is 25.8 Å². The standard InChI is InChI=1S/C28H25F2N7O4/c1-36-16-22(34-27(38)21-14-33-37-10-3-8-32-26(21)37)25(35-36)20-13-19(6-7-23(20)41-28(29)30)40-18-5-2-4-17(12-18)24-15-31-9-11-39-24/h2-8,10,12-14,16,24,28,31H,9,11,15H2,1H3,(H,34,38)/t24-/m1/s1. The number of carbonyl (C=O) groups excluding carboxylic acids is 1. The molecule has 1 fully saturated rings. The van der Waals surface area contributed by atoms with Crippen LogP contribution < -0.4 is 20.1 Å². The van der Waals surface area contributed by atoms with Crippen molar-refractivity contribution in [1.29, 1.82) is 0 Å². The molecule has 1 amide bonds. The minimum Gasteiger partial charge on any atom is -0.457 e. The number of rotatable bonds is 8. The molecule has 11 nitrogen and oxygen atoms in total. The number of ether oxygens (including phenoxy) is 3. The van der Waals surface area contributed by atoms with E-state index in [4.69, 9.17) is 14.2 Å². The number of halogens is 2. The summed E-state index contributed by atoms with van der Waals surface area (Å²) in [4.78, 5) is 17.4. The number of nitrogens with one attached hydrogen (secondary N) is 2. The zero-order chi connectivity index (χ0) is 28.3. The quantitative estimate of drug-likeness (QED) is 0.286. The van der Waals surface area contributed by atoms with E-state index in [9.17, 15) is 13.6 Å². The van der Waals surface area contributed by atoms with E-state index < -0.39 is 12.5 Å². The number of fused-ring (bicyclic) bond motifs is 1. The maximum absolute atomic E-state index is 13.4. The summed E-state index contributed by atoms with van der Waals surface area (Å²) in [7, 11) is 1.65. The van der Waals surface area contributed by atoms with Crippen LogP contribution in [-0.4, -0.2) is 56.6 Å². The number of carbonyl (C=O) groups is 1. The molecule has 4 heterocycles. The Balaban J connectivity index is 1.32. The molecule has 0 unspecified atom stereocenters. The second-order valence-electron chi connectivity index (χ2n) is 9.24. The fourth-order valence-electron chi connectivity index (χ4n) is 4.61. The predicted octanol–water partition coefficient (Wildman–Crippen LogP) is 4.44. The van der Waals surface area contributed by atoms with Crippen LogP contribution in [0, 0.1) is 0 Å². The summed E-state index contributed by atoms with van der Waals surface area (Å²) in [6.07, 6.45) is 6.08.